The molecule has 8 heteroatoms. The van der Waals surface area contributed by atoms with Crippen molar-refractivity contribution in [2.45, 2.75) is 29.9 Å². The summed E-state index contributed by atoms with van der Waals surface area (Å²) >= 11 is 0.847. The maximum Gasteiger partial charge on any atom is 0.251 e. The fourth-order valence-corrected chi connectivity index (χ4v) is 2.50. The van der Waals surface area contributed by atoms with E-state index in [2.05, 4.69) is 20.3 Å². The number of hydrogen-bond acceptors (Lipinski definition) is 5. The second-order valence-electron chi connectivity index (χ2n) is 4.25. The number of H-pyrrole nitrogens is 1. The largest absolute Gasteiger partial charge is 0.371 e. The molecule has 0 aliphatic heterocycles. The first kappa shape index (κ1) is 15.4. The van der Waals surface area contributed by atoms with Crippen molar-refractivity contribution < 1.29 is 8.78 Å². The molecule has 112 valence electrons. The third-order valence-corrected chi connectivity index (χ3v) is 3.47. The first-order valence-corrected chi connectivity index (χ1v) is 7.17. The Morgan fingerprint density at radius 2 is 2.05 bits per heavy atom. The molecule has 2 aromatic heterocycles. The van der Waals surface area contributed by atoms with Gasteiger partial charge in [-0.15, -0.1) is 0 Å². The van der Waals surface area contributed by atoms with Gasteiger partial charge in [0.2, 0.25) is 0 Å². The molecule has 2 aromatic rings. The van der Waals surface area contributed by atoms with Gasteiger partial charge in [0, 0.05) is 24.9 Å². The topological polar surface area (TPSA) is 70.7 Å². The number of nitrogens with zero attached hydrogens (tertiary/aromatic N) is 2. The lowest BCUT2D eigenvalue weighted by Crippen LogP contribution is -2.10. The van der Waals surface area contributed by atoms with Crippen molar-refractivity contribution >= 4 is 17.6 Å². The summed E-state index contributed by atoms with van der Waals surface area (Å²) in [6, 6.07) is 2.15. The van der Waals surface area contributed by atoms with Crippen LogP contribution in [0.15, 0.2) is 27.1 Å². The first-order chi connectivity index (χ1) is 10.0. The van der Waals surface area contributed by atoms with Crippen LogP contribution < -0.4 is 10.9 Å². The molecule has 2 heterocycles. The summed E-state index contributed by atoms with van der Waals surface area (Å²) < 4.78 is 27.1. The quantitative estimate of drug-likeness (QED) is 0.830. The van der Waals surface area contributed by atoms with Crippen LogP contribution in [0.5, 0.6) is 0 Å². The fourth-order valence-electron chi connectivity index (χ4n) is 1.70. The molecular formula is C13H14F2N4OS. The second-order valence-corrected chi connectivity index (χ2v) is 5.23. The van der Waals surface area contributed by atoms with Crippen molar-refractivity contribution in [3.05, 3.63) is 39.8 Å². The summed E-state index contributed by atoms with van der Waals surface area (Å²) in [5.74, 6) is -1.65. The van der Waals surface area contributed by atoms with Gasteiger partial charge >= 0.3 is 0 Å². The van der Waals surface area contributed by atoms with E-state index in [1.54, 1.807) is 0 Å². The first-order valence-electron chi connectivity index (χ1n) is 6.35. The second kappa shape index (κ2) is 6.66. The van der Waals surface area contributed by atoms with Gasteiger partial charge in [0.1, 0.15) is 5.03 Å². The van der Waals surface area contributed by atoms with Crippen molar-refractivity contribution in [1.82, 2.24) is 15.0 Å². The Balaban J connectivity index is 2.35. The van der Waals surface area contributed by atoms with Crippen LogP contribution in [0.25, 0.3) is 0 Å². The molecule has 0 fully saturated rings. The van der Waals surface area contributed by atoms with Crippen LogP contribution in [0.3, 0.4) is 0 Å². The highest BCUT2D eigenvalue weighted by atomic mass is 32.2. The Bertz CT molecular complexity index is 705. The lowest BCUT2D eigenvalue weighted by Gasteiger charge is -2.07. The number of pyridine rings is 1. The number of aromatic amines is 1. The van der Waals surface area contributed by atoms with Gasteiger partial charge in [-0.1, -0.05) is 13.3 Å². The van der Waals surface area contributed by atoms with Gasteiger partial charge < -0.3 is 10.3 Å². The van der Waals surface area contributed by atoms with Crippen LogP contribution in [0.2, 0.25) is 0 Å². The monoisotopic (exact) mass is 312 g/mol. The molecule has 0 unspecified atom stereocenters. The summed E-state index contributed by atoms with van der Waals surface area (Å²) in [5.41, 5.74) is 0.312. The average molecular weight is 312 g/mol. The normalized spacial score (nSPS) is 10.7. The van der Waals surface area contributed by atoms with Crippen molar-refractivity contribution in [1.29, 1.82) is 0 Å². The van der Waals surface area contributed by atoms with Crippen LogP contribution in [0.4, 0.5) is 14.6 Å². The number of anilines is 1. The van der Waals surface area contributed by atoms with E-state index >= 15 is 0 Å². The Morgan fingerprint density at radius 1 is 1.29 bits per heavy atom. The highest BCUT2D eigenvalue weighted by molar-refractivity contribution is 7.99. The minimum atomic E-state index is -0.806. The fraction of sp³-hybridized carbons (Fsp3) is 0.308. The van der Waals surface area contributed by atoms with Gasteiger partial charge in [-0.25, -0.2) is 18.7 Å². The summed E-state index contributed by atoms with van der Waals surface area (Å²) in [4.78, 5) is 22.1. The molecule has 0 aliphatic rings. The molecule has 5 nitrogen and oxygen atoms in total. The van der Waals surface area contributed by atoms with Crippen LogP contribution in [0, 0.1) is 11.6 Å². The molecule has 0 bridgehead atoms. The maximum atomic E-state index is 13.7. The van der Waals surface area contributed by atoms with Gasteiger partial charge in [0.05, 0.1) is 0 Å². The molecule has 0 atom stereocenters. The molecule has 0 spiro atoms. The van der Waals surface area contributed by atoms with E-state index in [1.165, 1.54) is 13.1 Å². The van der Waals surface area contributed by atoms with E-state index in [9.17, 15) is 13.6 Å². The van der Waals surface area contributed by atoms with E-state index < -0.39 is 11.6 Å². The summed E-state index contributed by atoms with van der Waals surface area (Å²) in [5, 5.41) is 2.70. The maximum absolute atomic E-state index is 13.7. The summed E-state index contributed by atoms with van der Waals surface area (Å²) in [6.45, 7) is 1.97. The lowest BCUT2D eigenvalue weighted by molar-refractivity contribution is 0.551. The Hall–Kier alpha value is -1.96. The molecule has 0 saturated carbocycles. The highest BCUT2D eigenvalue weighted by Gasteiger charge is 2.14. The van der Waals surface area contributed by atoms with Crippen LogP contribution in [-0.4, -0.2) is 22.0 Å². The Morgan fingerprint density at radius 3 is 2.71 bits per heavy atom. The van der Waals surface area contributed by atoms with Crippen molar-refractivity contribution in [2.75, 3.05) is 12.4 Å². The number of aromatic nitrogens is 3. The van der Waals surface area contributed by atoms with Gasteiger partial charge in [0.25, 0.3) is 5.56 Å². The predicted molar refractivity (Wildman–Crippen MR) is 76.7 cm³/mol. The number of aryl methyl sites for hydroxylation is 1. The number of halogens is 2. The smallest absolute Gasteiger partial charge is 0.251 e. The number of rotatable bonds is 5. The van der Waals surface area contributed by atoms with Gasteiger partial charge in [-0.3, -0.25) is 4.79 Å². The van der Waals surface area contributed by atoms with Gasteiger partial charge in [-0.2, -0.15) is 0 Å². The minimum absolute atomic E-state index is 0.0578. The SMILES string of the molecule is CCCc1cc(=O)[nH]c(Sc2nc(NC)c(F)cc2F)n1. The average Bonchev–Trinajstić information content (AvgIpc) is 2.41. The van der Waals surface area contributed by atoms with Crippen LogP contribution in [0.1, 0.15) is 19.0 Å². The van der Waals surface area contributed by atoms with E-state index in [0.29, 0.717) is 12.1 Å². The van der Waals surface area contributed by atoms with Crippen molar-refractivity contribution in [3.8, 4) is 0 Å². The zero-order valence-corrected chi connectivity index (χ0v) is 12.4. The third kappa shape index (κ3) is 3.78. The molecule has 2 N–H and O–H groups in total. The number of nitrogens with one attached hydrogen (secondary N) is 2. The lowest BCUT2D eigenvalue weighted by atomic mass is 10.2. The molecule has 0 amide bonds. The van der Waals surface area contributed by atoms with E-state index in [4.69, 9.17) is 0 Å². The van der Waals surface area contributed by atoms with Crippen LogP contribution >= 0.6 is 11.8 Å². The summed E-state index contributed by atoms with van der Waals surface area (Å²) in [7, 11) is 1.49. The molecule has 0 saturated heterocycles. The molecule has 0 aliphatic carbocycles. The third-order valence-electron chi connectivity index (χ3n) is 2.61. The molecule has 0 radical (unpaired) electrons. The molecule has 2 rings (SSSR count). The zero-order chi connectivity index (χ0) is 15.4. The summed E-state index contributed by atoms with van der Waals surface area (Å²) in [6.07, 6.45) is 1.49. The van der Waals surface area contributed by atoms with Crippen molar-refractivity contribution in [2.24, 2.45) is 0 Å². The van der Waals surface area contributed by atoms with E-state index in [1.807, 2.05) is 6.92 Å². The number of hydrogen-bond donors (Lipinski definition) is 2. The minimum Gasteiger partial charge on any atom is -0.371 e. The predicted octanol–water partition coefficient (Wildman–Crippen LogP) is 2.59. The Kier molecular flexibility index (Phi) is 4.89. The van der Waals surface area contributed by atoms with E-state index in [0.717, 1.165) is 24.2 Å². The molecule has 21 heavy (non-hydrogen) atoms. The zero-order valence-electron chi connectivity index (χ0n) is 11.5. The van der Waals surface area contributed by atoms with Gasteiger partial charge in [0.15, 0.2) is 22.6 Å². The highest BCUT2D eigenvalue weighted by Crippen LogP contribution is 2.27. The Labute approximate surface area is 124 Å². The van der Waals surface area contributed by atoms with Gasteiger partial charge in [-0.05, 0) is 18.2 Å². The standard InChI is InChI=1S/C13H14F2N4OS/c1-3-4-7-5-10(20)18-13(17-7)21-12-9(15)6-8(14)11(16-2)19-12/h5-6H,3-4H2,1-2H3,(H,16,19)(H,17,18,20). The van der Waals surface area contributed by atoms with E-state index in [-0.39, 0.29) is 21.6 Å². The van der Waals surface area contributed by atoms with Crippen LogP contribution in [-0.2, 0) is 6.42 Å². The molecular weight excluding hydrogens is 298 g/mol. The van der Waals surface area contributed by atoms with Crippen molar-refractivity contribution in [3.63, 3.8) is 0 Å². The molecule has 0 aromatic carbocycles.